The molecule has 1 aromatic carbocycles. The average Bonchev–Trinajstić information content (AvgIpc) is 2.47. The van der Waals surface area contributed by atoms with Gasteiger partial charge in [0.1, 0.15) is 5.75 Å². The Hall–Kier alpha value is -1.07. The summed E-state index contributed by atoms with van der Waals surface area (Å²) in [5, 5.41) is 9.32. The lowest BCUT2D eigenvalue weighted by Gasteiger charge is -2.37. The molecular formula is C15H20BrNO3. The Morgan fingerprint density at radius 2 is 2.25 bits per heavy atom. The molecule has 1 aliphatic rings. The summed E-state index contributed by atoms with van der Waals surface area (Å²) in [6.07, 6.45) is 1.90. The molecule has 2 unspecified atom stereocenters. The van der Waals surface area contributed by atoms with Crippen LogP contribution >= 0.6 is 15.9 Å². The van der Waals surface area contributed by atoms with E-state index >= 15 is 0 Å². The summed E-state index contributed by atoms with van der Waals surface area (Å²) in [7, 11) is 1.59. The van der Waals surface area contributed by atoms with Crippen molar-refractivity contribution >= 4 is 21.8 Å². The van der Waals surface area contributed by atoms with Crippen molar-refractivity contribution in [2.45, 2.75) is 25.8 Å². The highest BCUT2D eigenvalue weighted by Crippen LogP contribution is 2.28. The molecule has 2 rings (SSSR count). The summed E-state index contributed by atoms with van der Waals surface area (Å²) in [6.45, 7) is 2.80. The molecule has 20 heavy (non-hydrogen) atoms. The molecule has 0 aromatic heterocycles. The number of carbonyl (C=O) groups excluding carboxylic acids is 1. The van der Waals surface area contributed by atoms with Crippen LogP contribution < -0.4 is 4.74 Å². The van der Waals surface area contributed by atoms with Gasteiger partial charge in [0.2, 0.25) is 0 Å². The van der Waals surface area contributed by atoms with Gasteiger partial charge in [0.25, 0.3) is 5.91 Å². The van der Waals surface area contributed by atoms with E-state index in [1.54, 1.807) is 13.2 Å². The quantitative estimate of drug-likeness (QED) is 0.919. The van der Waals surface area contributed by atoms with Crippen molar-refractivity contribution in [3.05, 3.63) is 28.2 Å². The predicted octanol–water partition coefficient (Wildman–Crippen LogP) is 2.69. The molecule has 1 saturated heterocycles. The van der Waals surface area contributed by atoms with E-state index in [2.05, 4.69) is 22.9 Å². The molecule has 1 heterocycles. The maximum atomic E-state index is 12.7. The number of aliphatic hydroxyl groups is 1. The lowest BCUT2D eigenvalue weighted by molar-refractivity contribution is 0.0487. The molecule has 0 aliphatic carbocycles. The number of amides is 1. The van der Waals surface area contributed by atoms with Gasteiger partial charge in [-0.3, -0.25) is 4.79 Å². The zero-order valence-corrected chi connectivity index (χ0v) is 13.4. The molecule has 1 fully saturated rings. The van der Waals surface area contributed by atoms with Gasteiger partial charge in [-0.1, -0.05) is 0 Å². The molecule has 0 spiro atoms. The van der Waals surface area contributed by atoms with Gasteiger partial charge in [-0.05, 0) is 59.8 Å². The standard InChI is InChI=1S/C15H20BrNO3/c1-10-3-4-11(9-18)8-17(10)15(19)13-7-12(20-2)5-6-14(13)16/h5-7,10-11,18H,3-4,8-9H2,1-2H3. The number of likely N-dealkylation sites (tertiary alicyclic amines) is 1. The molecule has 0 bridgehead atoms. The summed E-state index contributed by atoms with van der Waals surface area (Å²) in [5.74, 6) is 0.834. The summed E-state index contributed by atoms with van der Waals surface area (Å²) in [5.41, 5.74) is 0.606. The Bertz CT molecular complexity index is 492. The van der Waals surface area contributed by atoms with E-state index < -0.39 is 0 Å². The Labute approximate surface area is 127 Å². The number of piperidine rings is 1. The van der Waals surface area contributed by atoms with Crippen LogP contribution in [0, 0.1) is 5.92 Å². The van der Waals surface area contributed by atoms with Crippen molar-refractivity contribution in [2.75, 3.05) is 20.3 Å². The van der Waals surface area contributed by atoms with Crippen molar-refractivity contribution in [3.63, 3.8) is 0 Å². The maximum absolute atomic E-state index is 12.7. The van der Waals surface area contributed by atoms with Crippen LogP contribution in [0.15, 0.2) is 22.7 Å². The number of methoxy groups -OCH3 is 1. The Balaban J connectivity index is 2.25. The van der Waals surface area contributed by atoms with Crippen LogP contribution in [0.5, 0.6) is 5.75 Å². The van der Waals surface area contributed by atoms with Crippen LogP contribution in [0.4, 0.5) is 0 Å². The molecule has 4 nitrogen and oxygen atoms in total. The number of nitrogens with zero attached hydrogens (tertiary/aromatic N) is 1. The minimum Gasteiger partial charge on any atom is -0.497 e. The number of aliphatic hydroxyl groups excluding tert-OH is 1. The van der Waals surface area contributed by atoms with Gasteiger partial charge in [-0.25, -0.2) is 0 Å². The number of carbonyl (C=O) groups is 1. The van der Waals surface area contributed by atoms with Crippen molar-refractivity contribution < 1.29 is 14.6 Å². The Morgan fingerprint density at radius 3 is 2.90 bits per heavy atom. The third-order valence-electron chi connectivity index (χ3n) is 3.90. The fraction of sp³-hybridized carbons (Fsp3) is 0.533. The van der Waals surface area contributed by atoms with Crippen LogP contribution in [0.3, 0.4) is 0 Å². The lowest BCUT2D eigenvalue weighted by Crippen LogP contribution is -2.46. The Kier molecular flexibility index (Phi) is 5.05. The average molecular weight is 342 g/mol. The lowest BCUT2D eigenvalue weighted by atomic mass is 9.93. The molecule has 0 radical (unpaired) electrons. The first kappa shape index (κ1) is 15.3. The SMILES string of the molecule is COc1ccc(Br)c(C(=O)N2CC(CO)CCC2C)c1. The van der Waals surface area contributed by atoms with Crippen LogP contribution in [0.25, 0.3) is 0 Å². The first-order chi connectivity index (χ1) is 9.56. The zero-order chi connectivity index (χ0) is 14.7. The monoisotopic (exact) mass is 341 g/mol. The van der Waals surface area contributed by atoms with Gasteiger partial charge in [0.05, 0.1) is 12.7 Å². The van der Waals surface area contributed by atoms with Crippen LogP contribution in [-0.4, -0.2) is 42.2 Å². The number of rotatable bonds is 3. The highest BCUT2D eigenvalue weighted by molar-refractivity contribution is 9.10. The predicted molar refractivity (Wildman–Crippen MR) is 81.0 cm³/mol. The number of ether oxygens (including phenoxy) is 1. The van der Waals surface area contributed by atoms with Crippen LogP contribution in [0.1, 0.15) is 30.1 Å². The Morgan fingerprint density at radius 1 is 1.50 bits per heavy atom. The van der Waals surface area contributed by atoms with Crippen LogP contribution in [-0.2, 0) is 0 Å². The summed E-state index contributed by atoms with van der Waals surface area (Å²) in [6, 6.07) is 5.59. The van der Waals surface area contributed by atoms with Gasteiger partial charge in [0, 0.05) is 23.7 Å². The van der Waals surface area contributed by atoms with E-state index in [0.717, 1.165) is 17.3 Å². The minimum atomic E-state index is -0.0126. The van der Waals surface area contributed by atoms with Gasteiger partial charge < -0.3 is 14.7 Å². The van der Waals surface area contributed by atoms with E-state index in [1.807, 2.05) is 17.0 Å². The first-order valence-corrected chi connectivity index (χ1v) is 7.61. The molecule has 1 aromatic rings. The van der Waals surface area contributed by atoms with Gasteiger partial charge in [0.15, 0.2) is 0 Å². The summed E-state index contributed by atoms with van der Waals surface area (Å²) < 4.78 is 5.95. The van der Waals surface area contributed by atoms with E-state index in [4.69, 9.17) is 4.74 Å². The fourth-order valence-corrected chi connectivity index (χ4v) is 2.98. The van der Waals surface area contributed by atoms with E-state index in [9.17, 15) is 9.90 Å². The molecule has 1 aliphatic heterocycles. The van der Waals surface area contributed by atoms with Crippen molar-refractivity contribution in [3.8, 4) is 5.75 Å². The van der Waals surface area contributed by atoms with Gasteiger partial charge in [-0.15, -0.1) is 0 Å². The summed E-state index contributed by atoms with van der Waals surface area (Å²) >= 11 is 3.43. The van der Waals surface area contributed by atoms with E-state index in [1.165, 1.54) is 0 Å². The highest BCUT2D eigenvalue weighted by Gasteiger charge is 2.30. The molecular weight excluding hydrogens is 322 g/mol. The molecule has 1 N–H and O–H groups in total. The fourth-order valence-electron chi connectivity index (χ4n) is 2.56. The normalized spacial score (nSPS) is 22.7. The number of benzene rings is 1. The van der Waals surface area contributed by atoms with E-state index in [-0.39, 0.29) is 24.5 Å². The van der Waals surface area contributed by atoms with Crippen molar-refractivity contribution in [2.24, 2.45) is 5.92 Å². The second-order valence-electron chi connectivity index (χ2n) is 5.28. The molecule has 1 amide bonds. The molecule has 2 atom stereocenters. The second-order valence-corrected chi connectivity index (χ2v) is 6.13. The van der Waals surface area contributed by atoms with Crippen molar-refractivity contribution in [1.82, 2.24) is 4.90 Å². The largest absolute Gasteiger partial charge is 0.497 e. The number of hydrogen-bond acceptors (Lipinski definition) is 3. The summed E-state index contributed by atoms with van der Waals surface area (Å²) in [4.78, 5) is 14.6. The highest BCUT2D eigenvalue weighted by atomic mass is 79.9. The van der Waals surface area contributed by atoms with E-state index in [0.29, 0.717) is 17.9 Å². The molecule has 0 saturated carbocycles. The minimum absolute atomic E-state index is 0.0126. The molecule has 110 valence electrons. The first-order valence-electron chi connectivity index (χ1n) is 6.82. The van der Waals surface area contributed by atoms with Gasteiger partial charge >= 0.3 is 0 Å². The van der Waals surface area contributed by atoms with Crippen LogP contribution in [0.2, 0.25) is 0 Å². The number of hydrogen-bond donors (Lipinski definition) is 1. The van der Waals surface area contributed by atoms with Crippen molar-refractivity contribution in [1.29, 1.82) is 0 Å². The molecule has 5 heteroatoms. The van der Waals surface area contributed by atoms with Gasteiger partial charge in [-0.2, -0.15) is 0 Å². The number of halogens is 1. The third kappa shape index (κ3) is 3.15. The second kappa shape index (κ2) is 6.59. The smallest absolute Gasteiger partial charge is 0.255 e. The zero-order valence-electron chi connectivity index (χ0n) is 11.8. The maximum Gasteiger partial charge on any atom is 0.255 e. The third-order valence-corrected chi connectivity index (χ3v) is 4.59. The topological polar surface area (TPSA) is 49.8 Å².